The number of carbonyl (C=O) groups is 2. The van der Waals surface area contributed by atoms with E-state index in [1.165, 1.54) is 12.1 Å². The SMILES string of the molecule is CCc1cccc(CC)c1NC(=O)COC(=O)c1ccc(Cl)c(S(=O)(=O)NC(C)(C)C)c1. The third-order valence-corrected chi connectivity index (χ3v) is 6.73. The van der Waals surface area contributed by atoms with E-state index >= 15 is 0 Å². The predicted molar refractivity (Wildman–Crippen MR) is 126 cm³/mol. The molecule has 0 fully saturated rings. The van der Waals surface area contributed by atoms with E-state index in [9.17, 15) is 18.0 Å². The number of aryl methyl sites for hydroxylation is 2. The van der Waals surface area contributed by atoms with Gasteiger partial charge < -0.3 is 10.1 Å². The average Bonchev–Trinajstić information content (AvgIpc) is 2.70. The molecular weight excluding hydrogens is 452 g/mol. The molecular formula is C23H29ClN2O5S. The maximum absolute atomic E-state index is 12.6. The average molecular weight is 481 g/mol. The van der Waals surface area contributed by atoms with E-state index in [0.717, 1.165) is 35.7 Å². The molecule has 9 heteroatoms. The Hall–Kier alpha value is -2.42. The topological polar surface area (TPSA) is 102 Å². The summed E-state index contributed by atoms with van der Waals surface area (Å²) in [6.07, 6.45) is 1.49. The number of esters is 1. The number of hydrogen-bond acceptors (Lipinski definition) is 5. The molecule has 2 rings (SSSR count). The second-order valence-corrected chi connectivity index (χ2v) is 10.3. The van der Waals surface area contributed by atoms with Crippen molar-refractivity contribution in [1.82, 2.24) is 4.72 Å². The monoisotopic (exact) mass is 480 g/mol. The standard InChI is InChI=1S/C23H29ClN2O5S/c1-6-15-9-8-10-16(7-2)21(15)25-20(27)14-31-22(28)17-11-12-18(24)19(13-17)32(29,30)26-23(3,4)5/h8-13,26H,6-7,14H2,1-5H3,(H,25,27). The molecule has 0 heterocycles. The Morgan fingerprint density at radius 1 is 1.03 bits per heavy atom. The van der Waals surface area contributed by atoms with Gasteiger partial charge in [-0.15, -0.1) is 0 Å². The van der Waals surface area contributed by atoms with Crippen LogP contribution in [0, 0.1) is 0 Å². The van der Waals surface area contributed by atoms with Crippen LogP contribution >= 0.6 is 11.6 Å². The second kappa shape index (κ2) is 10.5. The molecule has 0 atom stereocenters. The summed E-state index contributed by atoms with van der Waals surface area (Å²) in [4.78, 5) is 24.6. The van der Waals surface area contributed by atoms with Gasteiger partial charge in [0.05, 0.1) is 10.6 Å². The van der Waals surface area contributed by atoms with Crippen molar-refractivity contribution in [2.24, 2.45) is 0 Å². The fourth-order valence-corrected chi connectivity index (χ4v) is 5.03. The summed E-state index contributed by atoms with van der Waals surface area (Å²) < 4.78 is 32.8. The minimum atomic E-state index is -3.96. The first-order valence-electron chi connectivity index (χ1n) is 10.3. The van der Waals surface area contributed by atoms with E-state index < -0.39 is 34.0 Å². The van der Waals surface area contributed by atoms with E-state index in [4.69, 9.17) is 16.3 Å². The van der Waals surface area contributed by atoms with Crippen LogP contribution in [0.3, 0.4) is 0 Å². The van der Waals surface area contributed by atoms with Gasteiger partial charge in [0, 0.05) is 11.2 Å². The summed E-state index contributed by atoms with van der Waals surface area (Å²) in [6, 6.07) is 9.59. The maximum atomic E-state index is 12.6. The number of nitrogens with one attached hydrogen (secondary N) is 2. The smallest absolute Gasteiger partial charge is 0.338 e. The van der Waals surface area contributed by atoms with Crippen molar-refractivity contribution in [2.45, 2.75) is 57.9 Å². The number of halogens is 1. The van der Waals surface area contributed by atoms with Crippen molar-refractivity contribution >= 4 is 39.2 Å². The number of ether oxygens (including phenoxy) is 1. The summed E-state index contributed by atoms with van der Waals surface area (Å²) in [5, 5.41) is 2.79. The Balaban J connectivity index is 2.14. The lowest BCUT2D eigenvalue weighted by molar-refractivity contribution is -0.119. The Kier molecular flexibility index (Phi) is 8.45. The molecule has 0 radical (unpaired) electrons. The molecule has 0 aliphatic heterocycles. The number of sulfonamides is 1. The quantitative estimate of drug-likeness (QED) is 0.547. The largest absolute Gasteiger partial charge is 0.452 e. The highest BCUT2D eigenvalue weighted by Gasteiger charge is 2.25. The molecule has 2 N–H and O–H groups in total. The van der Waals surface area contributed by atoms with Crippen LogP contribution < -0.4 is 10.0 Å². The highest BCUT2D eigenvalue weighted by Crippen LogP contribution is 2.25. The van der Waals surface area contributed by atoms with E-state index in [2.05, 4.69) is 10.0 Å². The molecule has 2 aromatic carbocycles. The summed E-state index contributed by atoms with van der Waals surface area (Å²) in [6.45, 7) is 8.54. The number of hydrogen-bond donors (Lipinski definition) is 2. The van der Waals surface area contributed by atoms with Gasteiger partial charge in [0.1, 0.15) is 4.90 Å². The summed E-state index contributed by atoms with van der Waals surface area (Å²) >= 11 is 6.05. The molecule has 2 aromatic rings. The van der Waals surface area contributed by atoms with Gasteiger partial charge in [0.15, 0.2) is 6.61 Å². The summed E-state index contributed by atoms with van der Waals surface area (Å²) in [7, 11) is -3.96. The first-order chi connectivity index (χ1) is 14.9. The van der Waals surface area contributed by atoms with Gasteiger partial charge in [0.25, 0.3) is 5.91 Å². The summed E-state index contributed by atoms with van der Waals surface area (Å²) in [5.74, 6) is -1.31. The van der Waals surface area contributed by atoms with E-state index in [1.54, 1.807) is 20.8 Å². The van der Waals surface area contributed by atoms with Crippen LogP contribution in [-0.4, -0.2) is 32.4 Å². The van der Waals surface area contributed by atoms with E-state index in [1.807, 2.05) is 32.0 Å². The minimum absolute atomic E-state index is 0.0281. The number of benzene rings is 2. The lowest BCUT2D eigenvalue weighted by Crippen LogP contribution is -2.40. The Labute approximate surface area is 194 Å². The zero-order chi connectivity index (χ0) is 24.1. The van der Waals surface area contributed by atoms with Crippen LogP contribution in [0.2, 0.25) is 5.02 Å². The number of carbonyl (C=O) groups excluding carboxylic acids is 2. The lowest BCUT2D eigenvalue weighted by atomic mass is 10.0. The molecule has 0 spiro atoms. The molecule has 0 aliphatic carbocycles. The van der Waals surface area contributed by atoms with Gasteiger partial charge >= 0.3 is 5.97 Å². The van der Waals surface area contributed by atoms with Crippen molar-refractivity contribution < 1.29 is 22.7 Å². The minimum Gasteiger partial charge on any atom is -0.452 e. The fourth-order valence-electron chi connectivity index (χ4n) is 3.09. The van der Waals surface area contributed by atoms with Gasteiger partial charge in [-0.3, -0.25) is 4.79 Å². The second-order valence-electron chi connectivity index (χ2n) is 8.28. The van der Waals surface area contributed by atoms with Crippen molar-refractivity contribution in [1.29, 1.82) is 0 Å². The zero-order valence-electron chi connectivity index (χ0n) is 18.9. The van der Waals surface area contributed by atoms with Gasteiger partial charge in [-0.2, -0.15) is 0 Å². The van der Waals surface area contributed by atoms with Gasteiger partial charge in [-0.05, 0) is 62.9 Å². The molecule has 0 bridgehead atoms. The molecule has 0 aliphatic rings. The van der Waals surface area contributed by atoms with E-state index in [-0.39, 0.29) is 15.5 Å². The molecule has 0 saturated heterocycles. The van der Waals surface area contributed by atoms with Crippen LogP contribution in [0.15, 0.2) is 41.3 Å². The third-order valence-electron chi connectivity index (χ3n) is 4.49. The number of rotatable bonds is 8. The summed E-state index contributed by atoms with van der Waals surface area (Å²) in [5.41, 5.74) is 1.94. The Bertz CT molecular complexity index is 1090. The normalized spacial score (nSPS) is 11.8. The molecule has 0 aromatic heterocycles. The lowest BCUT2D eigenvalue weighted by Gasteiger charge is -2.21. The Morgan fingerprint density at radius 2 is 1.62 bits per heavy atom. The maximum Gasteiger partial charge on any atom is 0.338 e. The highest BCUT2D eigenvalue weighted by molar-refractivity contribution is 7.89. The molecule has 7 nitrogen and oxygen atoms in total. The third kappa shape index (κ3) is 6.79. The van der Waals surface area contributed by atoms with Gasteiger partial charge in [-0.25, -0.2) is 17.9 Å². The van der Waals surface area contributed by atoms with Crippen LogP contribution in [0.4, 0.5) is 5.69 Å². The number of amides is 1. The Morgan fingerprint density at radius 3 is 2.16 bits per heavy atom. The number of para-hydroxylation sites is 1. The predicted octanol–water partition coefficient (Wildman–Crippen LogP) is 4.34. The van der Waals surface area contributed by atoms with E-state index in [0.29, 0.717) is 0 Å². The fraction of sp³-hybridized carbons (Fsp3) is 0.391. The molecule has 0 saturated carbocycles. The van der Waals surface area contributed by atoms with Crippen LogP contribution in [0.25, 0.3) is 0 Å². The van der Waals surface area contributed by atoms with Crippen molar-refractivity contribution in [2.75, 3.05) is 11.9 Å². The van der Waals surface area contributed by atoms with Crippen molar-refractivity contribution in [3.63, 3.8) is 0 Å². The van der Waals surface area contributed by atoms with Crippen LogP contribution in [0.1, 0.15) is 56.1 Å². The van der Waals surface area contributed by atoms with Crippen LogP contribution in [0.5, 0.6) is 0 Å². The number of anilines is 1. The molecule has 32 heavy (non-hydrogen) atoms. The molecule has 174 valence electrons. The van der Waals surface area contributed by atoms with Gasteiger partial charge in [-0.1, -0.05) is 43.6 Å². The molecule has 1 amide bonds. The first-order valence-corrected chi connectivity index (χ1v) is 12.1. The van der Waals surface area contributed by atoms with Crippen molar-refractivity contribution in [3.05, 3.63) is 58.1 Å². The van der Waals surface area contributed by atoms with Crippen LogP contribution in [-0.2, 0) is 32.4 Å². The van der Waals surface area contributed by atoms with Crippen molar-refractivity contribution in [3.8, 4) is 0 Å². The first kappa shape index (κ1) is 25.8. The molecule has 0 unspecified atom stereocenters. The zero-order valence-corrected chi connectivity index (χ0v) is 20.5. The van der Waals surface area contributed by atoms with Gasteiger partial charge in [0.2, 0.25) is 10.0 Å². The highest BCUT2D eigenvalue weighted by atomic mass is 35.5.